The van der Waals surface area contributed by atoms with Gasteiger partial charge in [-0.1, -0.05) is 5.16 Å². The normalized spacial score (nSPS) is 11.3. The number of nitrogens with one attached hydrogen (secondary N) is 1. The first-order chi connectivity index (χ1) is 13.9. The Morgan fingerprint density at radius 1 is 1.24 bits per heavy atom. The molecular formula is C20H20N6O3. The molecule has 29 heavy (non-hydrogen) atoms. The SMILES string of the molecule is Cc1nc(-c2ccc3c(c2)n(CC(=O)Nc2cccnc2)c(=O)n3C(C)C)no1. The molecule has 0 atom stereocenters. The number of anilines is 1. The van der Waals surface area contributed by atoms with Crippen LogP contribution in [0.25, 0.3) is 22.4 Å². The van der Waals surface area contributed by atoms with Gasteiger partial charge >= 0.3 is 5.69 Å². The fraction of sp³-hybridized carbons (Fsp3) is 0.250. The molecule has 0 fully saturated rings. The third kappa shape index (κ3) is 3.54. The second-order valence-corrected chi connectivity index (χ2v) is 6.96. The largest absolute Gasteiger partial charge is 0.339 e. The molecule has 4 aromatic rings. The van der Waals surface area contributed by atoms with E-state index in [1.54, 1.807) is 42.1 Å². The maximum Gasteiger partial charge on any atom is 0.329 e. The second-order valence-electron chi connectivity index (χ2n) is 6.96. The Kier molecular flexibility index (Phi) is 4.71. The number of hydrogen-bond acceptors (Lipinski definition) is 6. The van der Waals surface area contributed by atoms with Crippen molar-refractivity contribution in [1.29, 1.82) is 0 Å². The van der Waals surface area contributed by atoms with E-state index in [1.807, 2.05) is 26.0 Å². The molecule has 3 aromatic heterocycles. The van der Waals surface area contributed by atoms with Crippen LogP contribution in [-0.2, 0) is 11.3 Å². The van der Waals surface area contributed by atoms with Gasteiger partial charge in [0.05, 0.1) is 22.9 Å². The summed E-state index contributed by atoms with van der Waals surface area (Å²) in [5.74, 6) is 0.567. The molecular weight excluding hydrogens is 372 g/mol. The fourth-order valence-corrected chi connectivity index (χ4v) is 3.27. The predicted molar refractivity (Wildman–Crippen MR) is 107 cm³/mol. The van der Waals surface area contributed by atoms with Gasteiger partial charge in [0.2, 0.25) is 17.6 Å². The quantitative estimate of drug-likeness (QED) is 0.559. The van der Waals surface area contributed by atoms with Crippen LogP contribution in [0.15, 0.2) is 52.0 Å². The summed E-state index contributed by atoms with van der Waals surface area (Å²) in [6.45, 7) is 5.44. The number of carbonyl (C=O) groups is 1. The molecule has 1 amide bonds. The van der Waals surface area contributed by atoms with Crippen molar-refractivity contribution in [3.8, 4) is 11.4 Å². The molecule has 1 N–H and O–H groups in total. The van der Waals surface area contributed by atoms with Gasteiger partial charge in [0.25, 0.3) is 0 Å². The molecule has 0 unspecified atom stereocenters. The number of pyridine rings is 1. The van der Waals surface area contributed by atoms with Crippen molar-refractivity contribution in [2.24, 2.45) is 0 Å². The van der Waals surface area contributed by atoms with Crippen molar-refractivity contribution in [1.82, 2.24) is 24.3 Å². The summed E-state index contributed by atoms with van der Waals surface area (Å²) >= 11 is 0. The van der Waals surface area contributed by atoms with Crippen molar-refractivity contribution in [3.63, 3.8) is 0 Å². The molecule has 9 heteroatoms. The van der Waals surface area contributed by atoms with Gasteiger partial charge in [-0.3, -0.25) is 18.9 Å². The summed E-state index contributed by atoms with van der Waals surface area (Å²) in [6.07, 6.45) is 3.17. The highest BCUT2D eigenvalue weighted by Crippen LogP contribution is 2.24. The summed E-state index contributed by atoms with van der Waals surface area (Å²) in [5, 5.41) is 6.70. The Morgan fingerprint density at radius 3 is 2.72 bits per heavy atom. The van der Waals surface area contributed by atoms with Crippen molar-refractivity contribution >= 4 is 22.6 Å². The molecule has 0 spiro atoms. The van der Waals surface area contributed by atoms with Crippen molar-refractivity contribution in [2.75, 3.05) is 5.32 Å². The molecule has 0 aliphatic carbocycles. The number of hydrogen-bond donors (Lipinski definition) is 1. The van der Waals surface area contributed by atoms with Gasteiger partial charge in [0, 0.05) is 24.7 Å². The Labute approximate surface area is 166 Å². The predicted octanol–water partition coefficient (Wildman–Crippen LogP) is 2.78. The third-order valence-corrected chi connectivity index (χ3v) is 4.51. The summed E-state index contributed by atoms with van der Waals surface area (Å²) in [5.41, 5.74) is 2.39. The second kappa shape index (κ2) is 7.34. The standard InChI is InChI=1S/C20H20N6O3/c1-12(2)26-16-7-6-14(19-22-13(3)29-24-19)9-17(16)25(20(26)28)11-18(27)23-15-5-4-8-21-10-15/h4-10,12H,11H2,1-3H3,(H,23,27). The highest BCUT2D eigenvalue weighted by molar-refractivity contribution is 5.91. The van der Waals surface area contributed by atoms with E-state index in [1.165, 1.54) is 4.57 Å². The summed E-state index contributed by atoms with van der Waals surface area (Å²) in [6, 6.07) is 8.88. The van der Waals surface area contributed by atoms with Crippen LogP contribution in [0.4, 0.5) is 5.69 Å². The van der Waals surface area contributed by atoms with Gasteiger partial charge in [-0.2, -0.15) is 4.98 Å². The molecule has 0 aliphatic heterocycles. The smallest absolute Gasteiger partial charge is 0.329 e. The third-order valence-electron chi connectivity index (χ3n) is 4.51. The number of carbonyl (C=O) groups excluding carboxylic acids is 1. The number of amides is 1. The zero-order valence-electron chi connectivity index (χ0n) is 16.3. The Bertz CT molecular complexity index is 1240. The van der Waals surface area contributed by atoms with Gasteiger partial charge < -0.3 is 9.84 Å². The van der Waals surface area contributed by atoms with Gasteiger partial charge in [-0.05, 0) is 44.2 Å². The molecule has 0 saturated carbocycles. The van der Waals surface area contributed by atoms with Crippen LogP contribution in [-0.4, -0.2) is 30.2 Å². The van der Waals surface area contributed by atoms with E-state index in [9.17, 15) is 9.59 Å². The minimum Gasteiger partial charge on any atom is -0.339 e. The van der Waals surface area contributed by atoms with Gasteiger partial charge in [0.1, 0.15) is 6.54 Å². The zero-order valence-corrected chi connectivity index (χ0v) is 16.3. The molecule has 1 aromatic carbocycles. The van der Waals surface area contributed by atoms with Crippen molar-refractivity contribution in [3.05, 3.63) is 59.1 Å². The molecule has 4 rings (SSSR count). The number of fused-ring (bicyclic) bond motifs is 1. The van der Waals surface area contributed by atoms with Gasteiger partial charge in [-0.15, -0.1) is 0 Å². The van der Waals surface area contributed by atoms with E-state index in [4.69, 9.17) is 4.52 Å². The van der Waals surface area contributed by atoms with E-state index in [-0.39, 0.29) is 24.2 Å². The van der Waals surface area contributed by atoms with Crippen LogP contribution in [0.5, 0.6) is 0 Å². The van der Waals surface area contributed by atoms with Gasteiger partial charge in [0.15, 0.2) is 0 Å². The first kappa shape index (κ1) is 18.6. The average molecular weight is 392 g/mol. The van der Waals surface area contributed by atoms with Gasteiger partial charge in [-0.25, -0.2) is 4.79 Å². The lowest BCUT2D eigenvalue weighted by atomic mass is 10.2. The summed E-state index contributed by atoms with van der Waals surface area (Å²) in [4.78, 5) is 33.8. The van der Waals surface area contributed by atoms with Crippen molar-refractivity contribution in [2.45, 2.75) is 33.4 Å². The van der Waals surface area contributed by atoms with E-state index >= 15 is 0 Å². The maximum absolute atomic E-state index is 13.1. The number of rotatable bonds is 5. The number of nitrogens with zero attached hydrogens (tertiary/aromatic N) is 5. The molecule has 148 valence electrons. The minimum absolute atomic E-state index is 0.0640. The maximum atomic E-state index is 13.1. The minimum atomic E-state index is -0.316. The highest BCUT2D eigenvalue weighted by atomic mass is 16.5. The first-order valence-electron chi connectivity index (χ1n) is 9.19. The van der Waals surface area contributed by atoms with Crippen LogP contribution >= 0.6 is 0 Å². The number of aromatic nitrogens is 5. The average Bonchev–Trinajstić information content (AvgIpc) is 3.24. The molecule has 0 aliphatic rings. The van der Waals surface area contributed by atoms with E-state index in [0.717, 1.165) is 5.52 Å². The van der Waals surface area contributed by atoms with E-state index < -0.39 is 0 Å². The van der Waals surface area contributed by atoms with Crippen LogP contribution in [0.1, 0.15) is 25.8 Å². The Morgan fingerprint density at radius 2 is 2.07 bits per heavy atom. The first-order valence-corrected chi connectivity index (χ1v) is 9.19. The molecule has 0 saturated heterocycles. The lowest BCUT2D eigenvalue weighted by Crippen LogP contribution is -2.30. The van der Waals surface area contributed by atoms with Crippen molar-refractivity contribution < 1.29 is 9.32 Å². The van der Waals surface area contributed by atoms with E-state index in [0.29, 0.717) is 28.5 Å². The molecule has 0 bridgehead atoms. The lowest BCUT2D eigenvalue weighted by molar-refractivity contribution is -0.116. The Hall–Kier alpha value is -3.75. The van der Waals surface area contributed by atoms with Crippen LogP contribution in [0.3, 0.4) is 0 Å². The number of aryl methyl sites for hydroxylation is 1. The Balaban J connectivity index is 1.77. The fourth-order valence-electron chi connectivity index (χ4n) is 3.27. The lowest BCUT2D eigenvalue weighted by Gasteiger charge is -2.06. The summed E-state index contributed by atoms with van der Waals surface area (Å²) in [7, 11) is 0. The van der Waals surface area contributed by atoms with E-state index in [2.05, 4.69) is 20.4 Å². The summed E-state index contributed by atoms with van der Waals surface area (Å²) < 4.78 is 8.17. The number of benzene rings is 1. The molecule has 0 radical (unpaired) electrons. The molecule has 3 heterocycles. The molecule has 9 nitrogen and oxygen atoms in total. The monoisotopic (exact) mass is 392 g/mol. The van der Waals surface area contributed by atoms with Crippen LogP contribution < -0.4 is 11.0 Å². The highest BCUT2D eigenvalue weighted by Gasteiger charge is 2.19. The number of imidazole rings is 1. The van der Waals surface area contributed by atoms with Crippen LogP contribution in [0.2, 0.25) is 0 Å². The van der Waals surface area contributed by atoms with Crippen LogP contribution in [0, 0.1) is 6.92 Å². The zero-order chi connectivity index (χ0) is 20.5. The topological polar surface area (TPSA) is 108 Å².